The average molecular weight is 288 g/mol. The van der Waals surface area contributed by atoms with Crippen molar-refractivity contribution >= 4 is 35.0 Å². The van der Waals surface area contributed by atoms with E-state index in [1.165, 1.54) is 0 Å². The van der Waals surface area contributed by atoms with Crippen molar-refractivity contribution in [2.75, 3.05) is 6.26 Å². The Balaban J connectivity index is 2.44. The van der Waals surface area contributed by atoms with Crippen LogP contribution in [0.4, 0.5) is 0 Å². The van der Waals surface area contributed by atoms with E-state index in [1.807, 2.05) is 12.3 Å². The van der Waals surface area contributed by atoms with Gasteiger partial charge in [0.2, 0.25) is 0 Å². The molecule has 17 heavy (non-hydrogen) atoms. The summed E-state index contributed by atoms with van der Waals surface area (Å²) in [5.74, 6) is 0.823. The molecular formula is C12H11Cl2NOS. The lowest BCUT2D eigenvalue weighted by molar-refractivity contribution is 0.387. The molecule has 5 heteroatoms. The first-order chi connectivity index (χ1) is 8.13. The molecule has 1 aromatic heterocycles. The third-order valence-corrected chi connectivity index (χ3v) is 4.07. The number of benzene rings is 1. The first kappa shape index (κ1) is 12.8. The van der Waals surface area contributed by atoms with Crippen molar-refractivity contribution in [2.24, 2.45) is 0 Å². The quantitative estimate of drug-likeness (QED) is 0.788. The van der Waals surface area contributed by atoms with E-state index in [-0.39, 0.29) is 5.25 Å². The van der Waals surface area contributed by atoms with Gasteiger partial charge in [-0.15, -0.1) is 0 Å². The van der Waals surface area contributed by atoms with E-state index >= 15 is 0 Å². The fraction of sp³-hybridized carbons (Fsp3) is 0.250. The van der Waals surface area contributed by atoms with Crippen LogP contribution in [0.25, 0.3) is 11.3 Å². The smallest absolute Gasteiger partial charge is 0.150 e. The van der Waals surface area contributed by atoms with Crippen LogP contribution in [-0.2, 0) is 0 Å². The van der Waals surface area contributed by atoms with E-state index in [1.54, 1.807) is 30.0 Å². The van der Waals surface area contributed by atoms with Crippen LogP contribution in [-0.4, -0.2) is 11.4 Å². The zero-order chi connectivity index (χ0) is 12.4. The Morgan fingerprint density at radius 1 is 1.29 bits per heavy atom. The van der Waals surface area contributed by atoms with Crippen molar-refractivity contribution in [3.8, 4) is 11.3 Å². The van der Waals surface area contributed by atoms with Crippen molar-refractivity contribution < 1.29 is 4.52 Å². The summed E-state index contributed by atoms with van der Waals surface area (Å²) in [6, 6.07) is 7.26. The van der Waals surface area contributed by atoms with Gasteiger partial charge in [-0.1, -0.05) is 34.4 Å². The molecule has 1 atom stereocenters. The molecule has 0 aliphatic heterocycles. The third kappa shape index (κ3) is 2.62. The molecule has 2 nitrogen and oxygen atoms in total. The Bertz CT molecular complexity index is 507. The van der Waals surface area contributed by atoms with Crippen LogP contribution in [0, 0.1) is 0 Å². The highest BCUT2D eigenvalue weighted by atomic mass is 35.5. The predicted molar refractivity (Wildman–Crippen MR) is 73.9 cm³/mol. The summed E-state index contributed by atoms with van der Waals surface area (Å²) in [7, 11) is 0. The van der Waals surface area contributed by atoms with Crippen LogP contribution in [0.15, 0.2) is 28.8 Å². The van der Waals surface area contributed by atoms with Gasteiger partial charge in [-0.05, 0) is 25.3 Å². The molecule has 0 radical (unpaired) electrons. The maximum Gasteiger partial charge on any atom is 0.150 e. The second-order valence-corrected chi connectivity index (χ2v) is 5.58. The minimum absolute atomic E-state index is 0.262. The SMILES string of the molecule is CSC(C)c1cc(-c2c(Cl)cccc2Cl)no1. The Morgan fingerprint density at radius 3 is 2.53 bits per heavy atom. The van der Waals surface area contributed by atoms with Gasteiger partial charge in [0, 0.05) is 11.6 Å². The maximum atomic E-state index is 6.12. The molecule has 0 saturated carbocycles. The van der Waals surface area contributed by atoms with Crippen molar-refractivity contribution in [3.63, 3.8) is 0 Å². The van der Waals surface area contributed by atoms with Gasteiger partial charge >= 0.3 is 0 Å². The van der Waals surface area contributed by atoms with Crippen molar-refractivity contribution in [3.05, 3.63) is 40.1 Å². The molecule has 90 valence electrons. The van der Waals surface area contributed by atoms with Crippen molar-refractivity contribution in [2.45, 2.75) is 12.2 Å². The molecule has 2 aromatic rings. The van der Waals surface area contributed by atoms with E-state index in [0.29, 0.717) is 15.7 Å². The van der Waals surface area contributed by atoms with E-state index < -0.39 is 0 Å². The number of aromatic nitrogens is 1. The molecule has 1 heterocycles. The summed E-state index contributed by atoms with van der Waals surface area (Å²) >= 11 is 13.9. The number of hydrogen-bond acceptors (Lipinski definition) is 3. The van der Waals surface area contributed by atoms with Crippen LogP contribution in [0.2, 0.25) is 10.0 Å². The van der Waals surface area contributed by atoms with Gasteiger partial charge in [-0.3, -0.25) is 0 Å². The first-order valence-electron chi connectivity index (χ1n) is 5.07. The van der Waals surface area contributed by atoms with Gasteiger partial charge in [-0.25, -0.2) is 0 Å². The largest absolute Gasteiger partial charge is 0.360 e. The summed E-state index contributed by atoms with van der Waals surface area (Å²) in [4.78, 5) is 0. The Hall–Kier alpha value is -0.640. The molecule has 0 aliphatic rings. The molecule has 1 unspecified atom stereocenters. The van der Waals surface area contributed by atoms with Gasteiger partial charge < -0.3 is 4.52 Å². The maximum absolute atomic E-state index is 6.12. The van der Waals surface area contributed by atoms with Gasteiger partial charge in [0.25, 0.3) is 0 Å². The molecule has 2 rings (SSSR count). The minimum Gasteiger partial charge on any atom is -0.360 e. The molecule has 0 N–H and O–H groups in total. The molecule has 0 amide bonds. The highest BCUT2D eigenvalue weighted by molar-refractivity contribution is 7.98. The van der Waals surface area contributed by atoms with E-state index in [2.05, 4.69) is 12.1 Å². The van der Waals surface area contributed by atoms with E-state index in [0.717, 1.165) is 11.3 Å². The lowest BCUT2D eigenvalue weighted by atomic mass is 10.1. The van der Waals surface area contributed by atoms with E-state index in [9.17, 15) is 0 Å². The second-order valence-electron chi connectivity index (χ2n) is 3.59. The monoisotopic (exact) mass is 287 g/mol. The summed E-state index contributed by atoms with van der Waals surface area (Å²) in [5.41, 5.74) is 1.40. The van der Waals surface area contributed by atoms with Crippen LogP contribution in [0.3, 0.4) is 0 Å². The fourth-order valence-corrected chi connectivity index (χ4v) is 2.39. The normalized spacial score (nSPS) is 12.7. The van der Waals surface area contributed by atoms with Gasteiger partial charge in [-0.2, -0.15) is 11.8 Å². The second kappa shape index (κ2) is 5.34. The Labute approximate surface area is 114 Å². The molecule has 0 saturated heterocycles. The lowest BCUT2D eigenvalue weighted by Gasteiger charge is -2.02. The zero-order valence-electron chi connectivity index (χ0n) is 9.41. The number of thioether (sulfide) groups is 1. The summed E-state index contributed by atoms with van der Waals surface area (Å²) < 4.78 is 5.29. The molecular weight excluding hydrogens is 277 g/mol. The summed E-state index contributed by atoms with van der Waals surface area (Å²) in [6.07, 6.45) is 2.02. The molecule has 0 bridgehead atoms. The lowest BCUT2D eigenvalue weighted by Crippen LogP contribution is -1.82. The third-order valence-electron chi connectivity index (χ3n) is 2.50. The fourth-order valence-electron chi connectivity index (χ4n) is 1.46. The van der Waals surface area contributed by atoms with Gasteiger partial charge in [0.1, 0.15) is 11.5 Å². The average Bonchev–Trinajstić information content (AvgIpc) is 2.77. The van der Waals surface area contributed by atoms with Crippen molar-refractivity contribution in [1.29, 1.82) is 0 Å². The number of halogens is 2. The summed E-state index contributed by atoms with van der Waals surface area (Å²) in [6.45, 7) is 2.06. The van der Waals surface area contributed by atoms with Crippen LogP contribution < -0.4 is 0 Å². The minimum atomic E-state index is 0.262. The Morgan fingerprint density at radius 2 is 1.94 bits per heavy atom. The van der Waals surface area contributed by atoms with Crippen LogP contribution >= 0.6 is 35.0 Å². The van der Waals surface area contributed by atoms with E-state index in [4.69, 9.17) is 27.7 Å². The predicted octanol–water partition coefficient (Wildman–Crippen LogP) is 5.07. The zero-order valence-corrected chi connectivity index (χ0v) is 11.7. The Kier molecular flexibility index (Phi) is 4.02. The number of hydrogen-bond donors (Lipinski definition) is 0. The number of nitrogens with zero attached hydrogens (tertiary/aromatic N) is 1. The number of rotatable bonds is 3. The molecule has 0 fully saturated rings. The van der Waals surface area contributed by atoms with Crippen LogP contribution in [0.1, 0.15) is 17.9 Å². The highest BCUT2D eigenvalue weighted by Crippen LogP contribution is 2.36. The first-order valence-corrected chi connectivity index (χ1v) is 7.11. The molecule has 0 aliphatic carbocycles. The van der Waals surface area contributed by atoms with Gasteiger partial charge in [0.15, 0.2) is 0 Å². The van der Waals surface area contributed by atoms with Crippen LogP contribution in [0.5, 0.6) is 0 Å². The highest BCUT2D eigenvalue weighted by Gasteiger charge is 2.16. The molecule has 0 spiro atoms. The standard InChI is InChI=1S/C12H11Cl2NOS/c1-7(17-2)11-6-10(15-16-11)12-8(13)4-3-5-9(12)14/h3-7H,1-2H3. The molecule has 1 aromatic carbocycles. The van der Waals surface area contributed by atoms with Crippen molar-refractivity contribution in [1.82, 2.24) is 5.16 Å². The van der Waals surface area contributed by atoms with Gasteiger partial charge in [0.05, 0.1) is 15.3 Å². The topological polar surface area (TPSA) is 26.0 Å². The summed E-state index contributed by atoms with van der Waals surface area (Å²) in [5, 5.41) is 5.44.